The minimum Gasteiger partial charge on any atom is -0.478 e. The first-order valence-corrected chi connectivity index (χ1v) is 6.19. The molecule has 1 rings (SSSR count). The Morgan fingerprint density at radius 1 is 1.28 bits per heavy atom. The van der Waals surface area contributed by atoms with E-state index in [0.717, 1.165) is 18.4 Å². The van der Waals surface area contributed by atoms with Crippen molar-refractivity contribution in [3.05, 3.63) is 35.4 Å². The van der Waals surface area contributed by atoms with Crippen molar-refractivity contribution in [2.24, 2.45) is 5.73 Å². The summed E-state index contributed by atoms with van der Waals surface area (Å²) in [5, 5.41) is 8.77. The molecule has 0 bridgehead atoms. The third-order valence-electron chi connectivity index (χ3n) is 3.27. The molecule has 0 aliphatic heterocycles. The lowest BCUT2D eigenvalue weighted by Crippen LogP contribution is -2.43. The van der Waals surface area contributed by atoms with Gasteiger partial charge in [0.1, 0.15) is 0 Å². The van der Waals surface area contributed by atoms with Gasteiger partial charge in [-0.3, -0.25) is 0 Å². The van der Waals surface area contributed by atoms with E-state index < -0.39 is 5.97 Å². The van der Waals surface area contributed by atoms with Gasteiger partial charge in [-0.15, -0.1) is 0 Å². The van der Waals surface area contributed by atoms with E-state index in [1.807, 2.05) is 0 Å². The molecular weight excluding hydrogens is 230 g/mol. The fourth-order valence-electron chi connectivity index (χ4n) is 1.57. The molecule has 4 nitrogen and oxygen atoms in total. The maximum Gasteiger partial charge on any atom is 0.335 e. The van der Waals surface area contributed by atoms with E-state index in [1.165, 1.54) is 0 Å². The summed E-state index contributed by atoms with van der Waals surface area (Å²) in [5.74, 6) is -0.916. The molecular formula is C14H21NO3. The fourth-order valence-corrected chi connectivity index (χ4v) is 1.57. The van der Waals surface area contributed by atoms with Crippen LogP contribution in [-0.2, 0) is 11.3 Å². The average molecular weight is 251 g/mol. The zero-order chi connectivity index (χ0) is 13.6. The zero-order valence-corrected chi connectivity index (χ0v) is 11.0. The first-order valence-electron chi connectivity index (χ1n) is 6.19. The number of carbonyl (C=O) groups is 1. The molecule has 0 amide bonds. The van der Waals surface area contributed by atoms with Crippen molar-refractivity contribution < 1.29 is 14.6 Å². The smallest absolute Gasteiger partial charge is 0.335 e. The third-order valence-corrected chi connectivity index (χ3v) is 3.27. The highest BCUT2D eigenvalue weighted by atomic mass is 16.5. The van der Waals surface area contributed by atoms with E-state index in [2.05, 4.69) is 13.8 Å². The SMILES string of the molecule is CCC(N)(CC)COCc1ccc(C(=O)O)cc1. The van der Waals surface area contributed by atoms with Gasteiger partial charge >= 0.3 is 5.97 Å². The van der Waals surface area contributed by atoms with Gasteiger partial charge in [0.2, 0.25) is 0 Å². The lowest BCUT2D eigenvalue weighted by Gasteiger charge is -2.26. The van der Waals surface area contributed by atoms with Gasteiger partial charge in [-0.1, -0.05) is 26.0 Å². The number of aromatic carboxylic acids is 1. The summed E-state index contributed by atoms with van der Waals surface area (Å²) in [6.45, 7) is 5.07. The normalized spacial score (nSPS) is 11.5. The monoisotopic (exact) mass is 251 g/mol. The van der Waals surface area contributed by atoms with E-state index in [0.29, 0.717) is 13.2 Å². The zero-order valence-electron chi connectivity index (χ0n) is 11.0. The molecule has 0 heterocycles. The van der Waals surface area contributed by atoms with Crippen LogP contribution in [0.4, 0.5) is 0 Å². The minimum atomic E-state index is -0.916. The van der Waals surface area contributed by atoms with Gasteiger partial charge < -0.3 is 15.6 Å². The average Bonchev–Trinajstić information content (AvgIpc) is 2.39. The van der Waals surface area contributed by atoms with Crippen LogP contribution in [0.15, 0.2) is 24.3 Å². The second kappa shape index (κ2) is 6.52. The first kappa shape index (κ1) is 14.7. The van der Waals surface area contributed by atoms with Crippen molar-refractivity contribution in [1.29, 1.82) is 0 Å². The Morgan fingerprint density at radius 3 is 2.28 bits per heavy atom. The summed E-state index contributed by atoms with van der Waals surface area (Å²) in [5.41, 5.74) is 7.10. The number of carboxylic acids is 1. The lowest BCUT2D eigenvalue weighted by atomic mass is 9.96. The lowest BCUT2D eigenvalue weighted by molar-refractivity contribution is 0.0688. The van der Waals surface area contributed by atoms with Crippen LogP contribution in [0.1, 0.15) is 42.6 Å². The van der Waals surface area contributed by atoms with Crippen molar-refractivity contribution >= 4 is 5.97 Å². The second-order valence-corrected chi connectivity index (χ2v) is 4.56. The maximum atomic E-state index is 10.7. The molecule has 0 saturated heterocycles. The molecule has 1 aromatic carbocycles. The molecule has 0 saturated carbocycles. The Labute approximate surface area is 108 Å². The highest BCUT2D eigenvalue weighted by Crippen LogP contribution is 2.13. The van der Waals surface area contributed by atoms with Gasteiger partial charge in [-0.2, -0.15) is 0 Å². The van der Waals surface area contributed by atoms with E-state index in [1.54, 1.807) is 24.3 Å². The summed E-state index contributed by atoms with van der Waals surface area (Å²) in [4.78, 5) is 10.7. The van der Waals surface area contributed by atoms with Crippen molar-refractivity contribution in [2.75, 3.05) is 6.61 Å². The van der Waals surface area contributed by atoms with E-state index in [-0.39, 0.29) is 11.1 Å². The van der Waals surface area contributed by atoms with Crippen LogP contribution in [0, 0.1) is 0 Å². The number of rotatable bonds is 7. The Hall–Kier alpha value is -1.39. The standard InChI is InChI=1S/C14H21NO3/c1-3-14(15,4-2)10-18-9-11-5-7-12(8-6-11)13(16)17/h5-8H,3-4,9-10,15H2,1-2H3,(H,16,17). The molecule has 100 valence electrons. The van der Waals surface area contributed by atoms with Gasteiger partial charge in [0, 0.05) is 5.54 Å². The van der Waals surface area contributed by atoms with Crippen LogP contribution in [0.25, 0.3) is 0 Å². The number of ether oxygens (including phenoxy) is 1. The summed E-state index contributed by atoms with van der Waals surface area (Å²) >= 11 is 0. The number of benzene rings is 1. The molecule has 0 aromatic heterocycles. The number of hydrogen-bond acceptors (Lipinski definition) is 3. The Kier molecular flexibility index (Phi) is 5.31. The van der Waals surface area contributed by atoms with Crippen molar-refractivity contribution in [2.45, 2.75) is 38.8 Å². The second-order valence-electron chi connectivity index (χ2n) is 4.56. The van der Waals surface area contributed by atoms with Crippen LogP contribution in [0.3, 0.4) is 0 Å². The van der Waals surface area contributed by atoms with Gasteiger partial charge in [0.05, 0.1) is 18.8 Å². The van der Waals surface area contributed by atoms with Crippen LogP contribution in [0.2, 0.25) is 0 Å². The highest BCUT2D eigenvalue weighted by molar-refractivity contribution is 5.87. The van der Waals surface area contributed by atoms with Crippen molar-refractivity contribution in [3.8, 4) is 0 Å². The van der Waals surface area contributed by atoms with Gasteiger partial charge in [-0.25, -0.2) is 4.79 Å². The molecule has 0 atom stereocenters. The Morgan fingerprint density at radius 2 is 1.83 bits per heavy atom. The molecule has 4 heteroatoms. The van der Waals surface area contributed by atoms with Gasteiger partial charge in [0.15, 0.2) is 0 Å². The van der Waals surface area contributed by atoms with E-state index in [9.17, 15) is 4.79 Å². The summed E-state index contributed by atoms with van der Waals surface area (Å²) in [7, 11) is 0. The molecule has 0 spiro atoms. The number of hydrogen-bond donors (Lipinski definition) is 2. The van der Waals surface area contributed by atoms with E-state index in [4.69, 9.17) is 15.6 Å². The summed E-state index contributed by atoms with van der Waals surface area (Å²) in [6.07, 6.45) is 1.75. The molecule has 18 heavy (non-hydrogen) atoms. The molecule has 0 radical (unpaired) electrons. The quantitative estimate of drug-likeness (QED) is 0.780. The molecule has 0 aliphatic rings. The third kappa shape index (κ3) is 4.13. The van der Waals surface area contributed by atoms with Crippen LogP contribution < -0.4 is 5.73 Å². The predicted molar refractivity (Wildman–Crippen MR) is 70.6 cm³/mol. The molecule has 0 aliphatic carbocycles. The summed E-state index contributed by atoms with van der Waals surface area (Å²) in [6, 6.07) is 6.69. The maximum absolute atomic E-state index is 10.7. The van der Waals surface area contributed by atoms with Crippen LogP contribution in [0.5, 0.6) is 0 Å². The van der Waals surface area contributed by atoms with Gasteiger partial charge in [-0.05, 0) is 30.5 Å². The van der Waals surface area contributed by atoms with Crippen LogP contribution >= 0.6 is 0 Å². The first-order chi connectivity index (χ1) is 8.50. The topological polar surface area (TPSA) is 72.5 Å². The Balaban J connectivity index is 2.47. The largest absolute Gasteiger partial charge is 0.478 e. The molecule has 3 N–H and O–H groups in total. The van der Waals surface area contributed by atoms with Crippen LogP contribution in [-0.4, -0.2) is 23.2 Å². The molecule has 0 fully saturated rings. The molecule has 0 unspecified atom stereocenters. The molecule has 1 aromatic rings. The minimum absolute atomic E-state index is 0.263. The van der Waals surface area contributed by atoms with Crippen molar-refractivity contribution in [1.82, 2.24) is 0 Å². The fraction of sp³-hybridized carbons (Fsp3) is 0.500. The van der Waals surface area contributed by atoms with Gasteiger partial charge in [0.25, 0.3) is 0 Å². The number of nitrogens with two attached hydrogens (primary N) is 1. The highest BCUT2D eigenvalue weighted by Gasteiger charge is 2.20. The number of carboxylic acid groups (broad SMARTS) is 1. The van der Waals surface area contributed by atoms with E-state index >= 15 is 0 Å². The summed E-state index contributed by atoms with van der Waals surface area (Å²) < 4.78 is 5.59. The predicted octanol–water partition coefficient (Wildman–Crippen LogP) is 2.42. The van der Waals surface area contributed by atoms with Crippen molar-refractivity contribution in [3.63, 3.8) is 0 Å². The Bertz CT molecular complexity index is 383.